The molecule has 23 heavy (non-hydrogen) atoms. The van der Waals surface area contributed by atoms with Gasteiger partial charge in [0.1, 0.15) is 6.54 Å². The van der Waals surface area contributed by atoms with Crippen molar-refractivity contribution in [2.24, 2.45) is 5.73 Å². The highest BCUT2D eigenvalue weighted by molar-refractivity contribution is 7.92. The summed E-state index contributed by atoms with van der Waals surface area (Å²) in [5.74, 6) is -0.835. The van der Waals surface area contributed by atoms with Crippen LogP contribution in [0.3, 0.4) is 0 Å². The molecule has 0 saturated carbocycles. The fraction of sp³-hybridized carbons (Fsp3) is 0.0714. The molecular formula is C14H11Cl3N2O3S. The van der Waals surface area contributed by atoms with Crippen LogP contribution in [0.5, 0.6) is 0 Å². The lowest BCUT2D eigenvalue weighted by molar-refractivity contribution is -0.116. The number of hydrogen-bond donors (Lipinski definition) is 1. The molecule has 0 aliphatic heterocycles. The third kappa shape index (κ3) is 4.09. The molecular weight excluding hydrogens is 383 g/mol. The van der Waals surface area contributed by atoms with Crippen LogP contribution in [0.2, 0.25) is 15.1 Å². The molecule has 0 spiro atoms. The predicted molar refractivity (Wildman–Crippen MR) is 91.6 cm³/mol. The molecule has 0 fully saturated rings. The first-order chi connectivity index (χ1) is 10.7. The van der Waals surface area contributed by atoms with Crippen molar-refractivity contribution in [3.8, 4) is 0 Å². The average Bonchev–Trinajstić information content (AvgIpc) is 2.47. The molecule has 5 nitrogen and oxygen atoms in total. The van der Waals surface area contributed by atoms with Gasteiger partial charge >= 0.3 is 0 Å². The smallest absolute Gasteiger partial charge is 0.264 e. The van der Waals surface area contributed by atoms with Gasteiger partial charge in [-0.15, -0.1) is 0 Å². The van der Waals surface area contributed by atoms with E-state index in [4.69, 9.17) is 40.5 Å². The fourth-order valence-electron chi connectivity index (χ4n) is 1.85. The lowest BCUT2D eigenvalue weighted by Crippen LogP contribution is -2.38. The number of nitrogens with zero attached hydrogens (tertiary/aromatic N) is 1. The molecule has 2 aromatic carbocycles. The van der Waals surface area contributed by atoms with Crippen LogP contribution in [0.25, 0.3) is 0 Å². The van der Waals surface area contributed by atoms with Gasteiger partial charge in [-0.1, -0.05) is 34.8 Å². The molecule has 2 aromatic rings. The second-order valence-electron chi connectivity index (χ2n) is 4.53. The van der Waals surface area contributed by atoms with Gasteiger partial charge in [0, 0.05) is 10.0 Å². The third-order valence-electron chi connectivity index (χ3n) is 2.88. The first kappa shape index (κ1) is 17.9. The van der Waals surface area contributed by atoms with E-state index in [2.05, 4.69) is 0 Å². The summed E-state index contributed by atoms with van der Waals surface area (Å²) in [4.78, 5) is 11.3. The molecule has 0 heterocycles. The molecule has 0 atom stereocenters. The second kappa shape index (κ2) is 6.97. The zero-order chi connectivity index (χ0) is 17.2. The van der Waals surface area contributed by atoms with E-state index in [1.807, 2.05) is 0 Å². The van der Waals surface area contributed by atoms with Crippen LogP contribution in [0.15, 0.2) is 47.4 Å². The topological polar surface area (TPSA) is 80.5 Å². The maximum atomic E-state index is 12.8. The van der Waals surface area contributed by atoms with Crippen molar-refractivity contribution >= 4 is 56.4 Å². The van der Waals surface area contributed by atoms with Gasteiger partial charge in [0.2, 0.25) is 5.91 Å². The predicted octanol–water partition coefficient (Wildman–Crippen LogP) is 3.33. The Hall–Kier alpha value is -1.47. The summed E-state index contributed by atoms with van der Waals surface area (Å²) in [6.45, 7) is -0.578. The third-order valence-corrected chi connectivity index (χ3v) is 5.46. The van der Waals surface area contributed by atoms with Crippen molar-refractivity contribution in [2.75, 3.05) is 10.8 Å². The Balaban J connectivity index is 2.60. The van der Waals surface area contributed by atoms with Crippen LogP contribution < -0.4 is 10.0 Å². The molecule has 9 heteroatoms. The van der Waals surface area contributed by atoms with Gasteiger partial charge in [0.25, 0.3) is 10.0 Å². The average molecular weight is 394 g/mol. The monoisotopic (exact) mass is 392 g/mol. The molecule has 0 radical (unpaired) electrons. The number of hydrogen-bond acceptors (Lipinski definition) is 3. The SMILES string of the molecule is NC(=O)CN(c1cc(Cl)ccc1Cl)S(=O)(=O)c1ccc(Cl)cc1. The minimum atomic E-state index is -4.07. The van der Waals surface area contributed by atoms with E-state index in [0.717, 1.165) is 4.31 Å². The standard InChI is InChI=1S/C14H11Cl3N2O3S/c15-9-1-4-11(5-2-9)23(21,22)19(8-14(18)20)13-7-10(16)3-6-12(13)17/h1-7H,8H2,(H2,18,20). The van der Waals surface area contributed by atoms with Crippen LogP contribution in [0.1, 0.15) is 0 Å². The Morgan fingerprint density at radius 2 is 1.57 bits per heavy atom. The van der Waals surface area contributed by atoms with Gasteiger partial charge < -0.3 is 5.73 Å². The van der Waals surface area contributed by atoms with Crippen LogP contribution >= 0.6 is 34.8 Å². The maximum Gasteiger partial charge on any atom is 0.264 e. The highest BCUT2D eigenvalue weighted by Crippen LogP contribution is 2.33. The molecule has 2 rings (SSSR count). The zero-order valence-corrected chi connectivity index (χ0v) is 14.6. The molecule has 2 N–H and O–H groups in total. The fourth-order valence-corrected chi connectivity index (χ4v) is 3.86. The van der Waals surface area contributed by atoms with Crippen LogP contribution in [0.4, 0.5) is 5.69 Å². The first-order valence-electron chi connectivity index (χ1n) is 6.23. The van der Waals surface area contributed by atoms with Gasteiger partial charge in [0.15, 0.2) is 0 Å². The summed E-state index contributed by atoms with van der Waals surface area (Å²) in [6.07, 6.45) is 0. The van der Waals surface area contributed by atoms with Crippen LogP contribution in [-0.4, -0.2) is 20.9 Å². The minimum absolute atomic E-state index is 0.0563. The Labute approximate surface area is 148 Å². The van der Waals surface area contributed by atoms with Gasteiger partial charge in [0.05, 0.1) is 15.6 Å². The van der Waals surface area contributed by atoms with Crippen molar-refractivity contribution in [3.63, 3.8) is 0 Å². The van der Waals surface area contributed by atoms with E-state index in [-0.39, 0.29) is 20.6 Å². The maximum absolute atomic E-state index is 12.8. The lowest BCUT2D eigenvalue weighted by atomic mass is 10.3. The largest absolute Gasteiger partial charge is 0.368 e. The summed E-state index contributed by atoms with van der Waals surface area (Å²) in [7, 11) is -4.07. The Bertz CT molecular complexity index is 839. The number of carbonyl (C=O) groups is 1. The molecule has 0 aliphatic rings. The molecule has 0 aromatic heterocycles. The summed E-state index contributed by atoms with van der Waals surface area (Å²) in [5.41, 5.74) is 5.24. The molecule has 0 saturated heterocycles. The van der Waals surface area contributed by atoms with E-state index >= 15 is 0 Å². The van der Waals surface area contributed by atoms with Crippen molar-refractivity contribution < 1.29 is 13.2 Å². The van der Waals surface area contributed by atoms with Crippen molar-refractivity contribution in [1.82, 2.24) is 0 Å². The number of anilines is 1. The molecule has 122 valence electrons. The van der Waals surface area contributed by atoms with Gasteiger partial charge in [-0.3, -0.25) is 9.10 Å². The van der Waals surface area contributed by atoms with Crippen LogP contribution in [0, 0.1) is 0 Å². The highest BCUT2D eigenvalue weighted by atomic mass is 35.5. The number of sulfonamides is 1. The van der Waals surface area contributed by atoms with Gasteiger partial charge in [-0.25, -0.2) is 8.42 Å². The Morgan fingerprint density at radius 1 is 1.00 bits per heavy atom. The summed E-state index contributed by atoms with van der Waals surface area (Å²) in [5, 5.41) is 0.768. The summed E-state index contributed by atoms with van der Waals surface area (Å²) < 4.78 is 26.4. The number of amides is 1. The van der Waals surface area contributed by atoms with Crippen molar-refractivity contribution in [3.05, 3.63) is 57.5 Å². The first-order valence-corrected chi connectivity index (χ1v) is 8.81. The second-order valence-corrected chi connectivity index (χ2v) is 7.67. The van der Waals surface area contributed by atoms with E-state index in [1.54, 1.807) is 0 Å². The Kier molecular flexibility index (Phi) is 5.41. The van der Waals surface area contributed by atoms with Crippen molar-refractivity contribution in [2.45, 2.75) is 4.90 Å². The number of halogens is 3. The zero-order valence-electron chi connectivity index (χ0n) is 11.5. The number of rotatable bonds is 5. The van der Waals surface area contributed by atoms with E-state index in [0.29, 0.717) is 5.02 Å². The molecule has 0 aliphatic carbocycles. The highest BCUT2D eigenvalue weighted by Gasteiger charge is 2.28. The normalized spacial score (nSPS) is 11.3. The molecule has 1 amide bonds. The quantitative estimate of drug-likeness (QED) is 0.846. The minimum Gasteiger partial charge on any atom is -0.368 e. The van der Waals surface area contributed by atoms with Crippen molar-refractivity contribution in [1.29, 1.82) is 0 Å². The van der Waals surface area contributed by atoms with E-state index < -0.39 is 22.5 Å². The summed E-state index contributed by atoms with van der Waals surface area (Å²) in [6, 6.07) is 9.79. The molecule has 0 unspecified atom stereocenters. The summed E-state index contributed by atoms with van der Waals surface area (Å²) >= 11 is 17.7. The number of primary amides is 1. The van der Waals surface area contributed by atoms with Gasteiger partial charge in [-0.2, -0.15) is 0 Å². The lowest BCUT2D eigenvalue weighted by Gasteiger charge is -2.24. The van der Waals surface area contributed by atoms with E-state index in [1.165, 1.54) is 42.5 Å². The van der Waals surface area contributed by atoms with Crippen LogP contribution in [-0.2, 0) is 14.8 Å². The Morgan fingerprint density at radius 3 is 2.13 bits per heavy atom. The van der Waals surface area contributed by atoms with E-state index in [9.17, 15) is 13.2 Å². The number of carbonyl (C=O) groups excluding carboxylic acids is 1. The number of nitrogens with two attached hydrogens (primary N) is 1. The number of benzene rings is 2. The molecule has 0 bridgehead atoms. The van der Waals surface area contributed by atoms with Gasteiger partial charge in [-0.05, 0) is 42.5 Å².